The number of aryl methyl sites for hydroxylation is 2. The normalized spacial score (nSPS) is 15.1. The Balaban J connectivity index is 1.26. The molecule has 0 radical (unpaired) electrons. The maximum Gasteiger partial charge on any atom is 0.255 e. The van der Waals surface area contributed by atoms with E-state index in [1.54, 1.807) is 46.2 Å². The van der Waals surface area contributed by atoms with Crippen LogP contribution in [0, 0.1) is 12.7 Å². The molecule has 0 spiro atoms. The molecule has 194 valence electrons. The van der Waals surface area contributed by atoms with Gasteiger partial charge in [-0.05, 0) is 60.9 Å². The summed E-state index contributed by atoms with van der Waals surface area (Å²) in [6, 6.07) is 11.0. The van der Waals surface area contributed by atoms with Gasteiger partial charge in [0, 0.05) is 65.8 Å². The number of hydrogen-bond acceptors (Lipinski definition) is 5. The molecule has 0 aliphatic carbocycles. The highest BCUT2D eigenvalue weighted by Gasteiger charge is 2.29. The molecule has 3 N–H and O–H groups in total. The number of amides is 2. The van der Waals surface area contributed by atoms with Crippen LogP contribution in [-0.4, -0.2) is 50.6 Å². The van der Waals surface area contributed by atoms with E-state index >= 15 is 0 Å². The smallest absolute Gasteiger partial charge is 0.255 e. The summed E-state index contributed by atoms with van der Waals surface area (Å²) < 4.78 is 15.4. The van der Waals surface area contributed by atoms with Crippen LogP contribution < -0.4 is 11.1 Å². The SMILES string of the molecule is Cc1cc(C(=O)N2CC[C@@H](NC(=O)c3cc(-c4cnn(C)c4)cnc3N)C2)ccc1-c1cc(F)ccc1Cl. The van der Waals surface area contributed by atoms with Crippen molar-refractivity contribution < 1.29 is 14.0 Å². The fraction of sp³-hybridized carbons (Fsp3) is 0.214. The summed E-state index contributed by atoms with van der Waals surface area (Å²) in [7, 11) is 1.81. The first-order chi connectivity index (χ1) is 18.2. The Morgan fingerprint density at radius 3 is 2.66 bits per heavy atom. The monoisotopic (exact) mass is 532 g/mol. The van der Waals surface area contributed by atoms with E-state index in [4.69, 9.17) is 17.3 Å². The molecule has 38 heavy (non-hydrogen) atoms. The third kappa shape index (κ3) is 5.10. The summed E-state index contributed by atoms with van der Waals surface area (Å²) in [4.78, 5) is 32.1. The number of halogens is 2. The quantitative estimate of drug-likeness (QED) is 0.394. The van der Waals surface area contributed by atoms with Crippen molar-refractivity contribution in [3.05, 3.63) is 88.6 Å². The van der Waals surface area contributed by atoms with Crippen molar-refractivity contribution in [2.75, 3.05) is 18.8 Å². The van der Waals surface area contributed by atoms with E-state index in [1.165, 1.54) is 18.2 Å². The van der Waals surface area contributed by atoms with Gasteiger partial charge in [0.25, 0.3) is 11.8 Å². The largest absolute Gasteiger partial charge is 0.383 e. The van der Waals surface area contributed by atoms with Crippen LogP contribution in [0.3, 0.4) is 0 Å². The minimum absolute atomic E-state index is 0.134. The Bertz CT molecular complexity index is 1550. The molecule has 0 bridgehead atoms. The highest BCUT2D eigenvalue weighted by Crippen LogP contribution is 2.32. The van der Waals surface area contributed by atoms with Crippen molar-refractivity contribution in [1.29, 1.82) is 0 Å². The van der Waals surface area contributed by atoms with Crippen molar-refractivity contribution in [3.8, 4) is 22.3 Å². The van der Waals surface area contributed by atoms with E-state index in [-0.39, 0.29) is 35.1 Å². The lowest BCUT2D eigenvalue weighted by atomic mass is 9.98. The zero-order valence-electron chi connectivity index (χ0n) is 20.9. The Hall–Kier alpha value is -4.24. The molecule has 2 aromatic heterocycles. The Kier molecular flexibility index (Phi) is 6.86. The van der Waals surface area contributed by atoms with Crippen molar-refractivity contribution in [1.82, 2.24) is 25.0 Å². The molecule has 1 saturated heterocycles. The number of nitrogens with two attached hydrogens (primary N) is 1. The van der Waals surface area contributed by atoms with Crippen LogP contribution in [0.4, 0.5) is 10.2 Å². The first-order valence-electron chi connectivity index (χ1n) is 12.1. The van der Waals surface area contributed by atoms with E-state index in [1.807, 2.05) is 20.2 Å². The number of likely N-dealkylation sites (tertiary alicyclic amines) is 1. The number of nitrogens with zero attached hydrogens (tertiary/aromatic N) is 4. The van der Waals surface area contributed by atoms with Gasteiger partial charge in [-0.2, -0.15) is 5.10 Å². The lowest BCUT2D eigenvalue weighted by Gasteiger charge is -2.18. The molecular formula is C28H26ClFN6O2. The molecular weight excluding hydrogens is 507 g/mol. The fourth-order valence-electron chi connectivity index (χ4n) is 4.70. The second-order valence-electron chi connectivity index (χ2n) is 9.42. The van der Waals surface area contributed by atoms with E-state index in [2.05, 4.69) is 15.4 Å². The standard InChI is InChI=1S/C28H26ClFN6O2/c1-16-9-17(3-5-22(16)23-11-20(30)4-6-25(23)29)28(38)36-8-7-21(15-36)34-27(37)24-10-18(12-32-26(24)31)19-13-33-35(2)14-19/h3-6,9-14,21H,7-8,15H2,1-2H3,(H2,31,32)(H,34,37)/t21-/m1/s1. The van der Waals surface area contributed by atoms with Gasteiger partial charge < -0.3 is 16.0 Å². The third-order valence-corrected chi connectivity index (χ3v) is 7.03. The van der Waals surface area contributed by atoms with E-state index < -0.39 is 0 Å². The first kappa shape index (κ1) is 25.4. The summed E-state index contributed by atoms with van der Waals surface area (Å²) in [6.07, 6.45) is 5.74. The second-order valence-corrected chi connectivity index (χ2v) is 9.83. The molecule has 3 heterocycles. The maximum absolute atomic E-state index is 13.8. The Morgan fingerprint density at radius 1 is 1.11 bits per heavy atom. The van der Waals surface area contributed by atoms with Crippen LogP contribution in [0.2, 0.25) is 5.02 Å². The predicted octanol–water partition coefficient (Wildman–Crippen LogP) is 4.48. The number of nitrogens with one attached hydrogen (secondary N) is 1. The zero-order valence-corrected chi connectivity index (χ0v) is 21.7. The van der Waals surface area contributed by atoms with Crippen LogP contribution in [0.15, 0.2) is 61.1 Å². The van der Waals surface area contributed by atoms with Crippen molar-refractivity contribution >= 4 is 29.2 Å². The lowest BCUT2D eigenvalue weighted by Crippen LogP contribution is -2.38. The molecule has 2 amide bonds. The zero-order chi connectivity index (χ0) is 27.0. The number of nitrogen functional groups attached to an aromatic ring is 1. The van der Waals surface area contributed by atoms with Gasteiger partial charge in [0.2, 0.25) is 0 Å². The number of carbonyl (C=O) groups is 2. The summed E-state index contributed by atoms with van der Waals surface area (Å²) in [5, 5.41) is 7.58. The number of rotatable bonds is 5. The van der Waals surface area contributed by atoms with Crippen molar-refractivity contribution in [2.45, 2.75) is 19.4 Å². The highest BCUT2D eigenvalue weighted by molar-refractivity contribution is 6.33. The summed E-state index contributed by atoms with van der Waals surface area (Å²) in [5.41, 5.74) is 10.5. The van der Waals surface area contributed by atoms with Gasteiger partial charge in [0.05, 0.1) is 11.8 Å². The van der Waals surface area contributed by atoms with Crippen LogP contribution in [0.5, 0.6) is 0 Å². The fourth-order valence-corrected chi connectivity index (χ4v) is 4.92. The molecule has 1 aliphatic rings. The second kappa shape index (κ2) is 10.3. The first-order valence-corrected chi connectivity index (χ1v) is 12.5. The Morgan fingerprint density at radius 2 is 1.92 bits per heavy atom. The van der Waals surface area contributed by atoms with Gasteiger partial charge in [-0.3, -0.25) is 14.3 Å². The molecule has 8 nitrogen and oxygen atoms in total. The van der Waals surface area contributed by atoms with Crippen LogP contribution in [0.25, 0.3) is 22.3 Å². The molecule has 10 heteroatoms. The average Bonchev–Trinajstić information content (AvgIpc) is 3.54. The van der Waals surface area contributed by atoms with Gasteiger partial charge in [-0.25, -0.2) is 9.37 Å². The van der Waals surface area contributed by atoms with Crippen molar-refractivity contribution in [2.24, 2.45) is 7.05 Å². The summed E-state index contributed by atoms with van der Waals surface area (Å²) in [6.45, 7) is 2.74. The molecule has 1 atom stereocenters. The average molecular weight is 533 g/mol. The number of aromatic nitrogens is 3. The molecule has 1 fully saturated rings. The number of hydrogen-bond donors (Lipinski definition) is 2. The van der Waals surface area contributed by atoms with E-state index in [0.29, 0.717) is 35.7 Å². The van der Waals surface area contributed by atoms with Gasteiger partial charge >= 0.3 is 0 Å². The number of benzene rings is 2. The maximum atomic E-state index is 13.8. The molecule has 5 rings (SSSR count). The number of carbonyl (C=O) groups excluding carboxylic acids is 2. The topological polar surface area (TPSA) is 106 Å². The third-order valence-electron chi connectivity index (χ3n) is 6.70. The molecule has 0 unspecified atom stereocenters. The number of pyridine rings is 1. The molecule has 0 saturated carbocycles. The van der Waals surface area contributed by atoms with Crippen LogP contribution >= 0.6 is 11.6 Å². The minimum Gasteiger partial charge on any atom is -0.383 e. The van der Waals surface area contributed by atoms with Gasteiger partial charge in [-0.15, -0.1) is 0 Å². The molecule has 1 aliphatic heterocycles. The summed E-state index contributed by atoms with van der Waals surface area (Å²) in [5.74, 6) is -0.723. The van der Waals surface area contributed by atoms with Crippen molar-refractivity contribution in [3.63, 3.8) is 0 Å². The lowest BCUT2D eigenvalue weighted by molar-refractivity contribution is 0.0783. The molecule has 2 aromatic carbocycles. The van der Waals surface area contributed by atoms with Gasteiger partial charge in [-0.1, -0.05) is 17.7 Å². The predicted molar refractivity (Wildman–Crippen MR) is 144 cm³/mol. The Labute approximate surface area is 224 Å². The van der Waals surface area contributed by atoms with E-state index in [9.17, 15) is 14.0 Å². The number of anilines is 1. The highest BCUT2D eigenvalue weighted by atomic mass is 35.5. The summed E-state index contributed by atoms with van der Waals surface area (Å²) >= 11 is 6.27. The van der Waals surface area contributed by atoms with Crippen LogP contribution in [-0.2, 0) is 7.05 Å². The van der Waals surface area contributed by atoms with Gasteiger partial charge in [0.1, 0.15) is 11.6 Å². The van der Waals surface area contributed by atoms with E-state index in [0.717, 1.165) is 22.3 Å². The van der Waals surface area contributed by atoms with Crippen LogP contribution in [0.1, 0.15) is 32.7 Å². The van der Waals surface area contributed by atoms with Gasteiger partial charge in [0.15, 0.2) is 0 Å². The molecule has 4 aromatic rings. The minimum atomic E-state index is -0.379.